The fourth-order valence-electron chi connectivity index (χ4n) is 2.37. The molecule has 1 aliphatic rings. The fraction of sp³-hybridized carbons (Fsp3) is 0.600. The lowest BCUT2D eigenvalue weighted by Crippen LogP contribution is -2.35. The molecule has 1 aromatic carbocycles. The molecular formula is C15H23NO2. The van der Waals surface area contributed by atoms with Gasteiger partial charge in [-0.15, -0.1) is 0 Å². The van der Waals surface area contributed by atoms with Crippen molar-refractivity contribution >= 4 is 0 Å². The van der Waals surface area contributed by atoms with Crippen molar-refractivity contribution < 1.29 is 9.84 Å². The van der Waals surface area contributed by atoms with E-state index in [4.69, 9.17) is 4.74 Å². The van der Waals surface area contributed by atoms with Crippen LogP contribution in [0.2, 0.25) is 0 Å². The van der Waals surface area contributed by atoms with Crippen LogP contribution in [-0.2, 0) is 11.3 Å². The van der Waals surface area contributed by atoms with Crippen molar-refractivity contribution in [1.29, 1.82) is 0 Å². The van der Waals surface area contributed by atoms with Crippen molar-refractivity contribution in [3.05, 3.63) is 35.9 Å². The lowest BCUT2D eigenvalue weighted by Gasteiger charge is -2.25. The van der Waals surface area contributed by atoms with Crippen LogP contribution in [0.15, 0.2) is 30.3 Å². The Morgan fingerprint density at radius 2 is 1.89 bits per heavy atom. The van der Waals surface area contributed by atoms with Gasteiger partial charge in [-0.3, -0.25) is 4.90 Å². The minimum absolute atomic E-state index is 0.0841. The zero-order valence-electron chi connectivity index (χ0n) is 11.1. The predicted octanol–water partition coefficient (Wildman–Crippen LogP) is 2.40. The molecule has 3 heteroatoms. The molecule has 1 heterocycles. The maximum Gasteiger partial charge on any atom is 0.109 e. The molecule has 0 aromatic heterocycles. The lowest BCUT2D eigenvalue weighted by atomic mass is 10.2. The number of benzene rings is 1. The average molecular weight is 249 g/mol. The van der Waals surface area contributed by atoms with E-state index in [1.165, 1.54) is 18.4 Å². The van der Waals surface area contributed by atoms with E-state index in [-0.39, 0.29) is 12.3 Å². The van der Waals surface area contributed by atoms with Crippen LogP contribution in [-0.4, -0.2) is 35.4 Å². The third-order valence-corrected chi connectivity index (χ3v) is 3.48. The van der Waals surface area contributed by atoms with Crippen LogP contribution < -0.4 is 0 Å². The molecule has 2 atom stereocenters. The molecule has 1 unspecified atom stereocenters. The van der Waals surface area contributed by atoms with Crippen LogP contribution >= 0.6 is 0 Å². The lowest BCUT2D eigenvalue weighted by molar-refractivity contribution is -0.0411. The predicted molar refractivity (Wildman–Crippen MR) is 72.1 cm³/mol. The SMILES string of the molecule is C[C@H](CC(O)N1CCCC1)OCc1ccccc1. The summed E-state index contributed by atoms with van der Waals surface area (Å²) >= 11 is 0. The molecule has 1 saturated heterocycles. The van der Waals surface area contributed by atoms with Gasteiger partial charge >= 0.3 is 0 Å². The number of likely N-dealkylation sites (tertiary alicyclic amines) is 1. The van der Waals surface area contributed by atoms with Gasteiger partial charge in [0.25, 0.3) is 0 Å². The Morgan fingerprint density at radius 3 is 2.56 bits per heavy atom. The minimum atomic E-state index is -0.349. The molecule has 0 saturated carbocycles. The number of aliphatic hydroxyl groups excluding tert-OH is 1. The van der Waals surface area contributed by atoms with Gasteiger partial charge in [-0.05, 0) is 25.3 Å². The second-order valence-electron chi connectivity index (χ2n) is 5.07. The quantitative estimate of drug-likeness (QED) is 0.840. The number of nitrogens with zero attached hydrogens (tertiary/aromatic N) is 1. The first-order valence-corrected chi connectivity index (χ1v) is 6.83. The van der Waals surface area contributed by atoms with E-state index in [9.17, 15) is 5.11 Å². The van der Waals surface area contributed by atoms with Crippen molar-refractivity contribution in [3.8, 4) is 0 Å². The van der Waals surface area contributed by atoms with E-state index in [0.717, 1.165) is 13.1 Å². The van der Waals surface area contributed by atoms with E-state index < -0.39 is 0 Å². The van der Waals surface area contributed by atoms with E-state index in [1.807, 2.05) is 25.1 Å². The number of aliphatic hydroxyl groups is 1. The molecule has 0 amide bonds. The van der Waals surface area contributed by atoms with Crippen LogP contribution in [0.25, 0.3) is 0 Å². The van der Waals surface area contributed by atoms with Gasteiger partial charge in [-0.2, -0.15) is 0 Å². The molecule has 1 fully saturated rings. The highest BCUT2D eigenvalue weighted by Gasteiger charge is 2.21. The average Bonchev–Trinajstić information content (AvgIpc) is 2.91. The van der Waals surface area contributed by atoms with E-state index in [2.05, 4.69) is 17.0 Å². The Bertz CT molecular complexity index is 336. The van der Waals surface area contributed by atoms with Crippen LogP contribution in [0, 0.1) is 0 Å². The van der Waals surface area contributed by atoms with Gasteiger partial charge in [0.05, 0.1) is 12.7 Å². The molecule has 1 N–H and O–H groups in total. The van der Waals surface area contributed by atoms with Gasteiger partial charge < -0.3 is 9.84 Å². The second kappa shape index (κ2) is 6.88. The second-order valence-corrected chi connectivity index (χ2v) is 5.07. The molecule has 18 heavy (non-hydrogen) atoms. The highest BCUT2D eigenvalue weighted by molar-refractivity contribution is 5.13. The molecule has 2 rings (SSSR count). The number of hydrogen-bond donors (Lipinski definition) is 1. The summed E-state index contributed by atoms with van der Waals surface area (Å²) in [5, 5.41) is 10.1. The van der Waals surface area contributed by atoms with Gasteiger partial charge in [-0.1, -0.05) is 30.3 Å². The molecule has 100 valence electrons. The molecule has 3 nitrogen and oxygen atoms in total. The smallest absolute Gasteiger partial charge is 0.109 e. The summed E-state index contributed by atoms with van der Waals surface area (Å²) in [5.41, 5.74) is 1.18. The Kier molecular flexibility index (Phi) is 5.17. The molecule has 0 aliphatic carbocycles. The zero-order chi connectivity index (χ0) is 12.8. The Labute approximate surface area is 109 Å². The molecule has 0 spiro atoms. The van der Waals surface area contributed by atoms with Gasteiger partial charge in [0.1, 0.15) is 6.23 Å². The molecule has 0 radical (unpaired) electrons. The first-order valence-electron chi connectivity index (χ1n) is 6.83. The van der Waals surface area contributed by atoms with Gasteiger partial charge in [0.2, 0.25) is 0 Å². The molecule has 0 bridgehead atoms. The highest BCUT2D eigenvalue weighted by Crippen LogP contribution is 2.15. The summed E-state index contributed by atoms with van der Waals surface area (Å²) in [4.78, 5) is 2.14. The minimum Gasteiger partial charge on any atom is -0.378 e. The molecule has 1 aromatic rings. The van der Waals surface area contributed by atoms with Crippen molar-refractivity contribution in [1.82, 2.24) is 4.90 Å². The van der Waals surface area contributed by atoms with Crippen molar-refractivity contribution in [3.63, 3.8) is 0 Å². The Hall–Kier alpha value is -0.900. The number of ether oxygens (including phenoxy) is 1. The molecule has 1 aliphatic heterocycles. The van der Waals surface area contributed by atoms with Gasteiger partial charge in [-0.25, -0.2) is 0 Å². The van der Waals surface area contributed by atoms with E-state index in [1.54, 1.807) is 0 Å². The largest absolute Gasteiger partial charge is 0.378 e. The first-order chi connectivity index (χ1) is 8.75. The summed E-state index contributed by atoms with van der Waals surface area (Å²) in [6.07, 6.45) is 2.83. The van der Waals surface area contributed by atoms with Gasteiger partial charge in [0.15, 0.2) is 0 Å². The number of rotatable bonds is 6. The summed E-state index contributed by atoms with van der Waals surface area (Å²) in [5.74, 6) is 0. The van der Waals surface area contributed by atoms with Gasteiger partial charge in [0, 0.05) is 19.5 Å². The zero-order valence-corrected chi connectivity index (χ0v) is 11.1. The topological polar surface area (TPSA) is 32.7 Å². The van der Waals surface area contributed by atoms with Crippen molar-refractivity contribution in [2.24, 2.45) is 0 Å². The first kappa shape index (κ1) is 13.5. The van der Waals surface area contributed by atoms with Crippen LogP contribution in [0.3, 0.4) is 0 Å². The van der Waals surface area contributed by atoms with Crippen LogP contribution in [0.4, 0.5) is 0 Å². The Balaban J connectivity index is 1.70. The molecular weight excluding hydrogens is 226 g/mol. The van der Waals surface area contributed by atoms with Crippen LogP contribution in [0.1, 0.15) is 31.7 Å². The van der Waals surface area contributed by atoms with Crippen LogP contribution in [0.5, 0.6) is 0 Å². The highest BCUT2D eigenvalue weighted by atomic mass is 16.5. The Morgan fingerprint density at radius 1 is 1.22 bits per heavy atom. The fourth-order valence-corrected chi connectivity index (χ4v) is 2.37. The monoisotopic (exact) mass is 249 g/mol. The third-order valence-electron chi connectivity index (χ3n) is 3.48. The van der Waals surface area contributed by atoms with Crippen molar-refractivity contribution in [2.75, 3.05) is 13.1 Å². The summed E-state index contributed by atoms with van der Waals surface area (Å²) in [7, 11) is 0. The maximum absolute atomic E-state index is 10.1. The third kappa shape index (κ3) is 4.09. The van der Waals surface area contributed by atoms with E-state index >= 15 is 0 Å². The standard InChI is InChI=1S/C15H23NO2/c1-13(11-15(17)16-9-5-6-10-16)18-12-14-7-3-2-4-8-14/h2-4,7-8,13,15,17H,5-6,9-12H2,1H3/t13-,15?/m1/s1. The normalized spacial score (nSPS) is 19.9. The number of hydrogen-bond acceptors (Lipinski definition) is 3. The summed E-state index contributed by atoms with van der Waals surface area (Å²) in [6, 6.07) is 10.2. The summed E-state index contributed by atoms with van der Waals surface area (Å²) in [6.45, 7) is 4.69. The van der Waals surface area contributed by atoms with Crippen molar-refractivity contribution in [2.45, 2.75) is 45.1 Å². The summed E-state index contributed by atoms with van der Waals surface area (Å²) < 4.78 is 5.77. The maximum atomic E-state index is 10.1. The van der Waals surface area contributed by atoms with E-state index in [0.29, 0.717) is 13.0 Å².